The second-order valence-electron chi connectivity index (χ2n) is 4.43. The monoisotopic (exact) mass is 259 g/mol. The van der Waals surface area contributed by atoms with E-state index in [1.807, 2.05) is 37.3 Å². The molecule has 2 N–H and O–H groups in total. The van der Waals surface area contributed by atoms with Crippen molar-refractivity contribution in [1.29, 1.82) is 0 Å². The van der Waals surface area contributed by atoms with Crippen LogP contribution in [0, 0.1) is 0 Å². The summed E-state index contributed by atoms with van der Waals surface area (Å²) in [5.41, 5.74) is 0.340. The Morgan fingerprint density at radius 3 is 2.37 bits per heavy atom. The maximum Gasteiger partial charge on any atom is 0.223 e. The highest BCUT2D eigenvalue weighted by atomic mass is 16.5. The van der Waals surface area contributed by atoms with E-state index in [0.29, 0.717) is 11.7 Å². The van der Waals surface area contributed by atoms with Gasteiger partial charge in [0.1, 0.15) is 0 Å². The quantitative estimate of drug-likeness (QED) is 0.857. The van der Waals surface area contributed by atoms with Crippen LogP contribution in [0.1, 0.15) is 12.5 Å². The Balaban J connectivity index is 2.22. The Kier molecular flexibility index (Phi) is 3.97. The largest absolute Gasteiger partial charge is 0.494 e. The zero-order valence-corrected chi connectivity index (χ0v) is 11.0. The lowest BCUT2D eigenvalue weighted by Crippen LogP contribution is -2.36. The molecule has 19 heavy (non-hydrogen) atoms. The second kappa shape index (κ2) is 5.67. The number of methoxy groups -OCH3 is 1. The van der Waals surface area contributed by atoms with Crippen molar-refractivity contribution < 1.29 is 9.84 Å². The van der Waals surface area contributed by atoms with Gasteiger partial charge < -0.3 is 15.2 Å². The number of nitrogens with zero attached hydrogens (tertiary/aromatic N) is 2. The van der Waals surface area contributed by atoms with Crippen molar-refractivity contribution >= 4 is 5.95 Å². The molecular weight excluding hydrogens is 242 g/mol. The van der Waals surface area contributed by atoms with E-state index in [4.69, 9.17) is 4.74 Å². The van der Waals surface area contributed by atoms with Gasteiger partial charge in [0.05, 0.1) is 31.6 Å². The van der Waals surface area contributed by atoms with Crippen LogP contribution in [-0.4, -0.2) is 28.8 Å². The Bertz CT molecular complexity index is 516. The number of ether oxygens (including phenoxy) is 1. The van der Waals surface area contributed by atoms with Gasteiger partial charge in [-0.1, -0.05) is 30.3 Å². The minimum Gasteiger partial charge on any atom is -0.494 e. The molecule has 0 fully saturated rings. The standard InChI is InChI=1S/C14H17N3O2/c1-14(10-18,11-6-4-3-5-7-11)17-13-15-8-12(19-2)9-16-13/h3-9,18H,10H2,1-2H3,(H,15,16,17). The van der Waals surface area contributed by atoms with Crippen LogP contribution in [0.5, 0.6) is 5.75 Å². The molecule has 1 aromatic carbocycles. The van der Waals surface area contributed by atoms with Crippen molar-refractivity contribution in [1.82, 2.24) is 9.97 Å². The van der Waals surface area contributed by atoms with Gasteiger partial charge in [-0.3, -0.25) is 0 Å². The lowest BCUT2D eigenvalue weighted by molar-refractivity contribution is 0.223. The summed E-state index contributed by atoms with van der Waals surface area (Å²) in [5, 5.41) is 12.8. The molecule has 0 bridgehead atoms. The molecule has 0 saturated heterocycles. The average Bonchev–Trinajstić information content (AvgIpc) is 2.49. The minimum absolute atomic E-state index is 0.0631. The first-order valence-electron chi connectivity index (χ1n) is 5.98. The summed E-state index contributed by atoms with van der Waals surface area (Å²) in [6.45, 7) is 1.84. The number of hydrogen-bond donors (Lipinski definition) is 2. The molecule has 0 saturated carbocycles. The summed E-state index contributed by atoms with van der Waals surface area (Å²) in [4.78, 5) is 8.30. The van der Waals surface area contributed by atoms with Crippen molar-refractivity contribution in [2.75, 3.05) is 19.0 Å². The highest BCUT2D eigenvalue weighted by Gasteiger charge is 2.26. The third-order valence-electron chi connectivity index (χ3n) is 2.98. The van der Waals surface area contributed by atoms with E-state index < -0.39 is 5.54 Å². The molecule has 2 aromatic rings. The van der Waals surface area contributed by atoms with Gasteiger partial charge in [-0.2, -0.15) is 0 Å². The summed E-state index contributed by atoms with van der Waals surface area (Å²) in [5.74, 6) is 1.04. The number of anilines is 1. The second-order valence-corrected chi connectivity index (χ2v) is 4.43. The smallest absolute Gasteiger partial charge is 0.223 e. The highest BCUT2D eigenvalue weighted by Crippen LogP contribution is 2.24. The molecule has 100 valence electrons. The lowest BCUT2D eigenvalue weighted by atomic mass is 9.93. The molecule has 1 atom stereocenters. The molecule has 0 aliphatic carbocycles. The summed E-state index contributed by atoms with van der Waals surface area (Å²) < 4.78 is 5.01. The van der Waals surface area contributed by atoms with Gasteiger partial charge in [-0.25, -0.2) is 9.97 Å². The molecule has 5 nitrogen and oxygen atoms in total. The summed E-state index contributed by atoms with van der Waals surface area (Å²) in [6.07, 6.45) is 3.16. The van der Waals surface area contributed by atoms with E-state index in [2.05, 4.69) is 15.3 Å². The maximum absolute atomic E-state index is 9.66. The molecular formula is C14H17N3O2. The fourth-order valence-electron chi connectivity index (χ4n) is 1.74. The molecule has 1 aromatic heterocycles. The van der Waals surface area contributed by atoms with Crippen molar-refractivity contribution in [2.45, 2.75) is 12.5 Å². The number of rotatable bonds is 5. The maximum atomic E-state index is 9.66. The fraction of sp³-hybridized carbons (Fsp3) is 0.286. The zero-order valence-electron chi connectivity index (χ0n) is 11.0. The number of aliphatic hydroxyl groups excluding tert-OH is 1. The van der Waals surface area contributed by atoms with Crippen LogP contribution < -0.4 is 10.1 Å². The third kappa shape index (κ3) is 3.00. The van der Waals surface area contributed by atoms with Crippen LogP contribution in [0.3, 0.4) is 0 Å². The van der Waals surface area contributed by atoms with Crippen LogP contribution in [0.2, 0.25) is 0 Å². The molecule has 2 rings (SSSR count). The van der Waals surface area contributed by atoms with Crippen LogP contribution in [0.25, 0.3) is 0 Å². The number of nitrogens with one attached hydrogen (secondary N) is 1. The van der Waals surface area contributed by atoms with Gasteiger partial charge in [-0.05, 0) is 12.5 Å². The summed E-state index contributed by atoms with van der Waals surface area (Å²) >= 11 is 0. The van der Waals surface area contributed by atoms with Gasteiger partial charge >= 0.3 is 0 Å². The molecule has 0 aliphatic rings. The van der Waals surface area contributed by atoms with Gasteiger partial charge in [0.25, 0.3) is 0 Å². The van der Waals surface area contributed by atoms with Gasteiger partial charge in [-0.15, -0.1) is 0 Å². The van der Waals surface area contributed by atoms with E-state index >= 15 is 0 Å². The van der Waals surface area contributed by atoms with Gasteiger partial charge in [0, 0.05) is 0 Å². The van der Waals surface area contributed by atoms with Crippen molar-refractivity contribution in [3.05, 3.63) is 48.3 Å². The molecule has 0 aliphatic heterocycles. The van der Waals surface area contributed by atoms with E-state index in [-0.39, 0.29) is 6.61 Å². The third-order valence-corrected chi connectivity index (χ3v) is 2.98. The van der Waals surface area contributed by atoms with Crippen molar-refractivity contribution in [2.24, 2.45) is 0 Å². The minimum atomic E-state index is -0.629. The Labute approximate surface area is 112 Å². The molecule has 1 unspecified atom stereocenters. The van der Waals surface area contributed by atoms with E-state index in [1.165, 1.54) is 0 Å². The molecule has 5 heteroatoms. The topological polar surface area (TPSA) is 67.3 Å². The average molecular weight is 259 g/mol. The lowest BCUT2D eigenvalue weighted by Gasteiger charge is -2.29. The molecule has 0 amide bonds. The van der Waals surface area contributed by atoms with Crippen LogP contribution in [0.4, 0.5) is 5.95 Å². The number of hydrogen-bond acceptors (Lipinski definition) is 5. The summed E-state index contributed by atoms with van der Waals surface area (Å²) in [6, 6.07) is 9.70. The predicted octanol–water partition coefficient (Wildman–Crippen LogP) is 1.80. The first kappa shape index (κ1) is 13.3. The number of benzene rings is 1. The van der Waals surface area contributed by atoms with Gasteiger partial charge in [0.15, 0.2) is 5.75 Å². The SMILES string of the molecule is COc1cnc(NC(C)(CO)c2ccccc2)nc1. The first-order chi connectivity index (χ1) is 9.18. The van der Waals surface area contributed by atoms with Crippen LogP contribution >= 0.6 is 0 Å². The summed E-state index contributed by atoms with van der Waals surface area (Å²) in [7, 11) is 1.56. The number of aromatic nitrogens is 2. The van der Waals surface area contributed by atoms with E-state index in [9.17, 15) is 5.11 Å². The van der Waals surface area contributed by atoms with Gasteiger partial charge in [0.2, 0.25) is 5.95 Å². The normalized spacial score (nSPS) is 13.6. The molecule has 1 heterocycles. The Morgan fingerprint density at radius 2 is 1.84 bits per heavy atom. The van der Waals surface area contributed by atoms with Crippen molar-refractivity contribution in [3.63, 3.8) is 0 Å². The number of aliphatic hydroxyl groups is 1. The Hall–Kier alpha value is -2.14. The first-order valence-corrected chi connectivity index (χ1v) is 5.98. The van der Waals surface area contributed by atoms with E-state index in [1.54, 1.807) is 19.5 Å². The van der Waals surface area contributed by atoms with E-state index in [0.717, 1.165) is 5.56 Å². The molecule has 0 spiro atoms. The van der Waals surface area contributed by atoms with Crippen molar-refractivity contribution in [3.8, 4) is 5.75 Å². The fourth-order valence-corrected chi connectivity index (χ4v) is 1.74. The molecule has 0 radical (unpaired) electrons. The Morgan fingerprint density at radius 1 is 1.21 bits per heavy atom. The van der Waals surface area contributed by atoms with Crippen LogP contribution in [0.15, 0.2) is 42.7 Å². The zero-order chi connectivity index (χ0) is 13.7. The highest BCUT2D eigenvalue weighted by molar-refractivity contribution is 5.37. The van der Waals surface area contributed by atoms with Crippen LogP contribution in [-0.2, 0) is 5.54 Å². The predicted molar refractivity (Wildman–Crippen MR) is 73.1 cm³/mol.